The molecule has 0 radical (unpaired) electrons. The average Bonchev–Trinajstić information content (AvgIpc) is 2.98. The molecule has 0 atom stereocenters. The van der Waals surface area contributed by atoms with Crippen molar-refractivity contribution in [1.82, 2.24) is 19.6 Å². The van der Waals surface area contributed by atoms with E-state index in [2.05, 4.69) is 24.4 Å². The largest absolute Gasteiger partial charge is 0.350 e. The third kappa shape index (κ3) is 6.55. The zero-order valence-electron chi connectivity index (χ0n) is 23.6. The molecular weight excluding hydrogens is 539 g/mol. The Morgan fingerprint density at radius 3 is 2.41 bits per heavy atom. The molecule has 1 N–H and O–H groups in total. The zero-order chi connectivity index (χ0) is 28.4. The molecule has 0 amide bonds. The lowest BCUT2D eigenvalue weighted by Gasteiger charge is -2.45. The Bertz CT molecular complexity index is 1440. The number of benzene rings is 2. The van der Waals surface area contributed by atoms with Crippen LogP contribution >= 0.6 is 0 Å². The first kappa shape index (κ1) is 28.1. The van der Waals surface area contributed by atoms with Crippen molar-refractivity contribution in [1.29, 1.82) is 0 Å². The third-order valence-corrected chi connectivity index (χ3v) is 9.64. The number of piperidine rings is 1. The minimum atomic E-state index is -3.13. The standard InChI is InChI=1S/C31H39FN6O2S/c1-41(39,40)35-26-10-7-23(8-11-26)21-36-15-13-27(14-16-36)37-17-18-38(30-20-33-22-34-31(30)37)29-12-9-25(32)19-28(29)24-5-3-2-4-6-24/h2-6,9,12,19-20,22-23,26-27,35H,7-8,10-11,13-18,21H2,1H3. The van der Waals surface area contributed by atoms with Gasteiger partial charge in [-0.05, 0) is 68.2 Å². The van der Waals surface area contributed by atoms with Gasteiger partial charge in [-0.2, -0.15) is 0 Å². The summed E-state index contributed by atoms with van der Waals surface area (Å²) in [6, 6.07) is 15.5. The Morgan fingerprint density at radius 1 is 0.927 bits per heavy atom. The second-order valence-corrected chi connectivity index (χ2v) is 13.5. The molecule has 3 aromatic rings. The maximum atomic E-state index is 14.4. The Hall–Kier alpha value is -3.08. The highest BCUT2D eigenvalue weighted by atomic mass is 32.2. The minimum absolute atomic E-state index is 0.0893. The summed E-state index contributed by atoms with van der Waals surface area (Å²) in [5.41, 5.74) is 3.77. The van der Waals surface area contributed by atoms with Crippen molar-refractivity contribution < 1.29 is 12.8 Å². The Balaban J connectivity index is 1.11. The number of sulfonamides is 1. The van der Waals surface area contributed by atoms with E-state index in [1.807, 2.05) is 42.6 Å². The summed E-state index contributed by atoms with van der Waals surface area (Å²) in [5.74, 6) is 1.33. The van der Waals surface area contributed by atoms with E-state index < -0.39 is 10.0 Å². The summed E-state index contributed by atoms with van der Waals surface area (Å²) < 4.78 is 40.3. The number of aromatic nitrogens is 2. The second kappa shape index (κ2) is 12.0. The van der Waals surface area contributed by atoms with Crippen LogP contribution in [0.1, 0.15) is 38.5 Å². The molecule has 41 heavy (non-hydrogen) atoms. The number of fused-ring (bicyclic) bond motifs is 1. The van der Waals surface area contributed by atoms with E-state index in [1.54, 1.807) is 12.4 Å². The fourth-order valence-corrected chi connectivity index (χ4v) is 7.75. The molecule has 0 unspecified atom stereocenters. The predicted molar refractivity (Wildman–Crippen MR) is 161 cm³/mol. The second-order valence-electron chi connectivity index (χ2n) is 11.7. The third-order valence-electron chi connectivity index (χ3n) is 8.88. The summed E-state index contributed by atoms with van der Waals surface area (Å²) in [5, 5.41) is 0. The van der Waals surface area contributed by atoms with Gasteiger partial charge in [0.05, 0.1) is 12.5 Å². The van der Waals surface area contributed by atoms with Crippen LogP contribution in [0.2, 0.25) is 0 Å². The van der Waals surface area contributed by atoms with Crippen LogP contribution < -0.4 is 14.5 Å². The van der Waals surface area contributed by atoms with Gasteiger partial charge >= 0.3 is 0 Å². The fourth-order valence-electron chi connectivity index (χ4n) is 6.90. The molecule has 0 spiro atoms. The predicted octanol–water partition coefficient (Wildman–Crippen LogP) is 4.81. The number of likely N-dealkylation sites (tertiary alicyclic amines) is 1. The number of anilines is 3. The van der Waals surface area contributed by atoms with E-state index in [-0.39, 0.29) is 11.9 Å². The maximum absolute atomic E-state index is 14.4. The molecule has 2 aromatic carbocycles. The Labute approximate surface area is 242 Å². The van der Waals surface area contributed by atoms with Crippen molar-refractivity contribution in [2.24, 2.45) is 5.92 Å². The average molecular weight is 579 g/mol. The maximum Gasteiger partial charge on any atom is 0.208 e. The number of nitrogens with one attached hydrogen (secondary N) is 1. The molecule has 1 aliphatic carbocycles. The normalized spacial score (nSPS) is 22.5. The van der Waals surface area contributed by atoms with Crippen molar-refractivity contribution in [2.75, 3.05) is 48.8 Å². The highest BCUT2D eigenvalue weighted by Crippen LogP contribution is 2.42. The quantitative estimate of drug-likeness (QED) is 0.431. The van der Waals surface area contributed by atoms with E-state index >= 15 is 0 Å². The van der Waals surface area contributed by atoms with Crippen LogP contribution in [-0.4, -0.2) is 74.3 Å². The number of hydrogen-bond acceptors (Lipinski definition) is 7. The van der Waals surface area contributed by atoms with Gasteiger partial charge in [-0.15, -0.1) is 0 Å². The van der Waals surface area contributed by atoms with Crippen molar-refractivity contribution in [3.05, 3.63) is 66.9 Å². The van der Waals surface area contributed by atoms with Gasteiger partial charge in [0.15, 0.2) is 5.82 Å². The van der Waals surface area contributed by atoms with Crippen LogP contribution in [0.4, 0.5) is 21.6 Å². The summed E-state index contributed by atoms with van der Waals surface area (Å²) in [6.45, 7) is 4.83. The number of hydrogen-bond donors (Lipinski definition) is 1. The number of rotatable bonds is 7. The van der Waals surface area contributed by atoms with Crippen molar-refractivity contribution in [2.45, 2.75) is 50.6 Å². The first-order valence-corrected chi connectivity index (χ1v) is 16.6. The molecule has 218 valence electrons. The van der Waals surface area contributed by atoms with Crippen LogP contribution in [0.25, 0.3) is 11.1 Å². The Kier molecular flexibility index (Phi) is 8.23. The smallest absolute Gasteiger partial charge is 0.208 e. The Morgan fingerprint density at radius 2 is 1.68 bits per heavy atom. The molecule has 1 saturated heterocycles. The molecule has 2 aliphatic heterocycles. The summed E-state index contributed by atoms with van der Waals surface area (Å²) in [6.07, 6.45) is 10.9. The van der Waals surface area contributed by atoms with Crippen molar-refractivity contribution >= 4 is 27.2 Å². The summed E-state index contributed by atoms with van der Waals surface area (Å²) >= 11 is 0. The first-order valence-electron chi connectivity index (χ1n) is 14.7. The van der Waals surface area contributed by atoms with E-state index in [1.165, 1.54) is 12.3 Å². The van der Waals surface area contributed by atoms with Crippen LogP contribution in [0.15, 0.2) is 61.1 Å². The SMILES string of the molecule is CS(=O)(=O)NC1CCC(CN2CCC(N3CCN(c4ccc(F)cc4-c4ccccc4)c4cncnc43)CC2)CC1. The fraction of sp³-hybridized carbons (Fsp3) is 0.484. The van der Waals surface area contributed by atoms with Gasteiger partial charge in [-0.3, -0.25) is 0 Å². The van der Waals surface area contributed by atoms with Gasteiger partial charge in [0, 0.05) is 56.1 Å². The van der Waals surface area contributed by atoms with Crippen LogP contribution in [-0.2, 0) is 10.0 Å². The highest BCUT2D eigenvalue weighted by molar-refractivity contribution is 7.88. The monoisotopic (exact) mass is 578 g/mol. The van der Waals surface area contributed by atoms with Crippen LogP contribution in [0.3, 0.4) is 0 Å². The van der Waals surface area contributed by atoms with Gasteiger partial charge < -0.3 is 14.7 Å². The van der Waals surface area contributed by atoms with E-state index in [0.29, 0.717) is 12.0 Å². The lowest BCUT2D eigenvalue weighted by molar-refractivity contribution is 0.157. The van der Waals surface area contributed by atoms with E-state index in [4.69, 9.17) is 4.98 Å². The molecule has 3 heterocycles. The lowest BCUT2D eigenvalue weighted by Crippen LogP contribution is -2.50. The van der Waals surface area contributed by atoms with Crippen molar-refractivity contribution in [3.8, 4) is 11.1 Å². The van der Waals surface area contributed by atoms with Gasteiger partial charge in [-0.25, -0.2) is 27.5 Å². The molecule has 1 saturated carbocycles. The van der Waals surface area contributed by atoms with Gasteiger partial charge in [0.1, 0.15) is 17.8 Å². The number of nitrogens with zero attached hydrogens (tertiary/aromatic N) is 5. The molecular formula is C31H39FN6O2S. The van der Waals surface area contributed by atoms with E-state index in [9.17, 15) is 12.8 Å². The minimum Gasteiger partial charge on any atom is -0.350 e. The summed E-state index contributed by atoms with van der Waals surface area (Å²) in [7, 11) is -3.13. The number of halogens is 1. The molecule has 8 nitrogen and oxygen atoms in total. The van der Waals surface area contributed by atoms with Gasteiger partial charge in [0.25, 0.3) is 0 Å². The molecule has 1 aromatic heterocycles. The molecule has 2 fully saturated rings. The van der Waals surface area contributed by atoms with Gasteiger partial charge in [0.2, 0.25) is 10.0 Å². The molecule has 6 rings (SSSR count). The summed E-state index contributed by atoms with van der Waals surface area (Å²) in [4.78, 5) is 16.4. The first-order chi connectivity index (χ1) is 19.8. The topological polar surface area (TPSA) is 81.7 Å². The molecule has 3 aliphatic rings. The molecule has 10 heteroatoms. The van der Waals surface area contributed by atoms with Crippen LogP contribution in [0, 0.1) is 11.7 Å². The lowest BCUT2D eigenvalue weighted by atomic mass is 9.85. The zero-order valence-corrected chi connectivity index (χ0v) is 24.4. The van der Waals surface area contributed by atoms with Crippen molar-refractivity contribution in [3.63, 3.8) is 0 Å². The van der Waals surface area contributed by atoms with Gasteiger partial charge in [-0.1, -0.05) is 30.3 Å². The highest BCUT2D eigenvalue weighted by Gasteiger charge is 2.34. The van der Waals surface area contributed by atoms with E-state index in [0.717, 1.165) is 99.6 Å². The molecule has 0 bridgehead atoms. The van der Waals surface area contributed by atoms with Crippen LogP contribution in [0.5, 0.6) is 0 Å².